The Morgan fingerprint density at radius 1 is 1.25 bits per heavy atom. The largest absolute Gasteiger partial charge is 0.497 e. The number of nitrogens with one attached hydrogen (secondary N) is 1. The highest BCUT2D eigenvalue weighted by Crippen LogP contribution is 2.28. The van der Waals surface area contributed by atoms with E-state index < -0.39 is 0 Å². The fourth-order valence-corrected chi connectivity index (χ4v) is 3.32. The molecule has 1 N–H and O–H groups in total. The molecule has 0 radical (unpaired) electrons. The Hall–Kier alpha value is -2.87. The highest BCUT2D eigenvalue weighted by Gasteiger charge is 2.18. The first-order valence-corrected chi connectivity index (χ1v) is 10.0. The zero-order chi connectivity index (χ0) is 19.9. The summed E-state index contributed by atoms with van der Waals surface area (Å²) in [7, 11) is 1.63. The molecule has 1 aromatic carbocycles. The van der Waals surface area contributed by atoms with Crippen LogP contribution in [0.15, 0.2) is 53.9 Å². The summed E-state index contributed by atoms with van der Waals surface area (Å²) in [4.78, 5) is 16.4. The molecule has 1 atom stereocenters. The third kappa shape index (κ3) is 4.69. The van der Waals surface area contributed by atoms with E-state index in [0.29, 0.717) is 11.0 Å². The van der Waals surface area contributed by atoms with Crippen LogP contribution in [-0.2, 0) is 4.79 Å². The first-order valence-electron chi connectivity index (χ1n) is 9.04. The van der Waals surface area contributed by atoms with Crippen molar-refractivity contribution < 1.29 is 9.53 Å². The Morgan fingerprint density at radius 3 is 2.68 bits per heavy atom. The van der Waals surface area contributed by atoms with Crippen molar-refractivity contribution in [2.24, 2.45) is 0 Å². The van der Waals surface area contributed by atoms with E-state index in [1.165, 1.54) is 11.8 Å². The number of pyridine rings is 1. The van der Waals surface area contributed by atoms with Gasteiger partial charge >= 0.3 is 0 Å². The molecule has 2 heterocycles. The van der Waals surface area contributed by atoms with Crippen LogP contribution >= 0.6 is 11.8 Å². The summed E-state index contributed by atoms with van der Waals surface area (Å²) >= 11 is 1.35. The molecule has 0 unspecified atom stereocenters. The molecule has 0 aliphatic rings. The van der Waals surface area contributed by atoms with Gasteiger partial charge in [-0.25, -0.2) is 0 Å². The van der Waals surface area contributed by atoms with Crippen molar-refractivity contribution in [3.05, 3.63) is 48.8 Å². The van der Waals surface area contributed by atoms with Crippen LogP contribution in [0.2, 0.25) is 0 Å². The van der Waals surface area contributed by atoms with E-state index in [9.17, 15) is 4.79 Å². The number of nitrogens with zero attached hydrogens (tertiary/aromatic N) is 4. The number of carbonyl (C=O) groups is 1. The lowest BCUT2D eigenvalue weighted by molar-refractivity contribution is -0.119. The molecule has 0 saturated heterocycles. The molecular weight excluding hydrogens is 374 g/mol. The van der Waals surface area contributed by atoms with E-state index in [1.54, 1.807) is 19.5 Å². The Bertz CT molecular complexity index is 912. The number of methoxy groups -OCH3 is 1. The van der Waals surface area contributed by atoms with Gasteiger partial charge in [0.1, 0.15) is 5.75 Å². The molecule has 28 heavy (non-hydrogen) atoms. The van der Waals surface area contributed by atoms with Gasteiger partial charge in [0.25, 0.3) is 0 Å². The van der Waals surface area contributed by atoms with Crippen LogP contribution in [0.1, 0.15) is 20.3 Å². The van der Waals surface area contributed by atoms with E-state index in [4.69, 9.17) is 4.74 Å². The summed E-state index contributed by atoms with van der Waals surface area (Å²) in [5.41, 5.74) is 1.73. The molecule has 0 spiro atoms. The van der Waals surface area contributed by atoms with Crippen LogP contribution < -0.4 is 10.1 Å². The average Bonchev–Trinajstić information content (AvgIpc) is 3.16. The first kappa shape index (κ1) is 19.9. The maximum Gasteiger partial charge on any atom is 0.230 e. The normalized spacial score (nSPS) is 11.8. The molecule has 0 aliphatic heterocycles. The zero-order valence-electron chi connectivity index (χ0n) is 16.1. The Kier molecular flexibility index (Phi) is 6.65. The van der Waals surface area contributed by atoms with E-state index in [1.807, 2.05) is 54.8 Å². The quantitative estimate of drug-likeness (QED) is 0.587. The lowest BCUT2D eigenvalue weighted by Crippen LogP contribution is -2.33. The monoisotopic (exact) mass is 397 g/mol. The molecule has 146 valence electrons. The van der Waals surface area contributed by atoms with E-state index >= 15 is 0 Å². The summed E-state index contributed by atoms with van der Waals surface area (Å²) in [5.74, 6) is 1.68. The van der Waals surface area contributed by atoms with Gasteiger partial charge in [-0.15, -0.1) is 10.2 Å². The van der Waals surface area contributed by atoms with Gasteiger partial charge in [-0.2, -0.15) is 0 Å². The first-order chi connectivity index (χ1) is 13.6. The van der Waals surface area contributed by atoms with Gasteiger partial charge in [0.2, 0.25) is 5.91 Å². The topological polar surface area (TPSA) is 81.9 Å². The maximum atomic E-state index is 12.2. The van der Waals surface area contributed by atoms with Gasteiger partial charge in [0.15, 0.2) is 11.0 Å². The average molecular weight is 398 g/mol. The summed E-state index contributed by atoms with van der Waals surface area (Å²) < 4.78 is 7.18. The predicted octanol–water partition coefficient (Wildman–Crippen LogP) is 3.34. The Balaban J connectivity index is 1.91. The number of hydrogen-bond acceptors (Lipinski definition) is 6. The van der Waals surface area contributed by atoms with Crippen molar-refractivity contribution in [1.29, 1.82) is 0 Å². The van der Waals surface area contributed by atoms with Crippen molar-refractivity contribution in [3.8, 4) is 22.8 Å². The highest BCUT2D eigenvalue weighted by molar-refractivity contribution is 7.99. The molecule has 0 bridgehead atoms. The second-order valence-corrected chi connectivity index (χ2v) is 7.19. The molecule has 3 rings (SSSR count). The summed E-state index contributed by atoms with van der Waals surface area (Å²) in [5, 5.41) is 12.3. The number of hydrogen-bond donors (Lipinski definition) is 1. The fourth-order valence-electron chi connectivity index (χ4n) is 2.56. The Morgan fingerprint density at radius 2 is 2.04 bits per heavy atom. The second-order valence-electron chi connectivity index (χ2n) is 6.25. The fraction of sp³-hybridized carbons (Fsp3) is 0.300. The summed E-state index contributed by atoms with van der Waals surface area (Å²) in [6.45, 7) is 4.03. The number of amides is 1. The van der Waals surface area contributed by atoms with E-state index in [-0.39, 0.29) is 17.7 Å². The minimum Gasteiger partial charge on any atom is -0.497 e. The van der Waals surface area contributed by atoms with Gasteiger partial charge in [-0.05, 0) is 49.7 Å². The maximum absolute atomic E-state index is 12.2. The molecule has 8 heteroatoms. The number of thioether (sulfide) groups is 1. The minimum absolute atomic E-state index is 0.0217. The molecule has 2 aromatic heterocycles. The van der Waals surface area contributed by atoms with E-state index in [0.717, 1.165) is 23.4 Å². The standard InChI is InChI=1S/C20H23N5O2S/c1-4-14(2)22-18(26)13-28-20-24-23-19(15-6-5-11-21-12-15)25(20)16-7-9-17(27-3)10-8-16/h5-12,14H,4,13H2,1-3H3,(H,22,26)/t14-/m1/s1. The van der Waals surface area contributed by atoms with Gasteiger partial charge in [0.05, 0.1) is 12.9 Å². The van der Waals surface area contributed by atoms with Crippen LogP contribution in [0.3, 0.4) is 0 Å². The molecule has 0 fully saturated rings. The smallest absolute Gasteiger partial charge is 0.230 e. The number of benzene rings is 1. The molecule has 7 nitrogen and oxygen atoms in total. The summed E-state index contributed by atoms with van der Waals surface area (Å²) in [6, 6.07) is 11.6. The minimum atomic E-state index is -0.0217. The number of ether oxygens (including phenoxy) is 1. The van der Waals surface area contributed by atoms with Gasteiger partial charge < -0.3 is 10.1 Å². The van der Waals surface area contributed by atoms with Crippen molar-refractivity contribution in [2.75, 3.05) is 12.9 Å². The van der Waals surface area contributed by atoms with Gasteiger partial charge in [-0.1, -0.05) is 18.7 Å². The second kappa shape index (κ2) is 9.36. The molecule has 0 aliphatic carbocycles. The third-order valence-electron chi connectivity index (χ3n) is 4.24. The van der Waals surface area contributed by atoms with E-state index in [2.05, 4.69) is 20.5 Å². The van der Waals surface area contributed by atoms with Crippen molar-refractivity contribution in [2.45, 2.75) is 31.5 Å². The Labute approximate surface area is 168 Å². The third-order valence-corrected chi connectivity index (χ3v) is 5.16. The van der Waals surface area contributed by atoms with Crippen molar-refractivity contribution in [3.63, 3.8) is 0 Å². The van der Waals surface area contributed by atoms with Crippen LogP contribution in [0.25, 0.3) is 17.1 Å². The van der Waals surface area contributed by atoms with Crippen LogP contribution in [0.4, 0.5) is 0 Å². The molecule has 1 amide bonds. The molecular formula is C20H23N5O2S. The van der Waals surface area contributed by atoms with Gasteiger partial charge in [0, 0.05) is 29.7 Å². The van der Waals surface area contributed by atoms with Crippen molar-refractivity contribution >= 4 is 17.7 Å². The highest BCUT2D eigenvalue weighted by atomic mass is 32.2. The number of aromatic nitrogens is 4. The number of carbonyl (C=O) groups excluding carboxylic acids is 1. The zero-order valence-corrected chi connectivity index (χ0v) is 16.9. The van der Waals surface area contributed by atoms with Crippen molar-refractivity contribution in [1.82, 2.24) is 25.1 Å². The predicted molar refractivity (Wildman–Crippen MR) is 110 cm³/mol. The molecule has 0 saturated carbocycles. The SMILES string of the molecule is CC[C@@H](C)NC(=O)CSc1nnc(-c2cccnc2)n1-c1ccc(OC)cc1. The van der Waals surface area contributed by atoms with Crippen LogP contribution in [0, 0.1) is 0 Å². The summed E-state index contributed by atoms with van der Waals surface area (Å²) in [6.07, 6.45) is 4.35. The van der Waals surface area contributed by atoms with Crippen LogP contribution in [0.5, 0.6) is 5.75 Å². The molecule has 3 aromatic rings. The lowest BCUT2D eigenvalue weighted by Gasteiger charge is -2.12. The van der Waals surface area contributed by atoms with Gasteiger partial charge in [-0.3, -0.25) is 14.3 Å². The van der Waals surface area contributed by atoms with Crippen LogP contribution in [-0.4, -0.2) is 44.6 Å². The number of rotatable bonds is 8. The lowest BCUT2D eigenvalue weighted by atomic mass is 10.2.